The number of ether oxygens (including phenoxy) is 1. The maximum absolute atomic E-state index is 12.7. The van der Waals surface area contributed by atoms with Crippen LogP contribution in [0.1, 0.15) is 23.0 Å². The number of nitrogens with one attached hydrogen (secondary N) is 1. The molecule has 0 aliphatic carbocycles. The molecular formula is C19H17N3O3S. The number of benzene rings is 2. The van der Waals surface area contributed by atoms with Gasteiger partial charge in [-0.2, -0.15) is 5.10 Å². The molecule has 6 nitrogen and oxygen atoms in total. The molecule has 2 aromatic carbocycles. The highest BCUT2D eigenvalue weighted by Crippen LogP contribution is 2.30. The number of aromatic nitrogens is 2. The Hall–Kier alpha value is -3.03. The Labute approximate surface area is 156 Å². The largest absolute Gasteiger partial charge is 0.462 e. The first-order valence-electron chi connectivity index (χ1n) is 8.02. The van der Waals surface area contributed by atoms with Gasteiger partial charge in [-0.1, -0.05) is 60.7 Å². The summed E-state index contributed by atoms with van der Waals surface area (Å²) in [5.41, 5.74) is 4.34. The SMILES string of the molecule is CCOC(=O)c1c(C(=S)NO)nn(-c2ccccc2)c1-c1ccccc1. The summed E-state index contributed by atoms with van der Waals surface area (Å²) in [7, 11) is 0. The van der Waals surface area contributed by atoms with Gasteiger partial charge >= 0.3 is 5.97 Å². The molecule has 1 aromatic heterocycles. The Morgan fingerprint density at radius 2 is 1.77 bits per heavy atom. The molecule has 26 heavy (non-hydrogen) atoms. The predicted octanol–water partition coefficient (Wildman–Crippen LogP) is 3.37. The van der Waals surface area contributed by atoms with Gasteiger partial charge in [0.15, 0.2) is 4.99 Å². The van der Waals surface area contributed by atoms with Gasteiger partial charge in [0, 0.05) is 5.56 Å². The molecule has 1 heterocycles. The van der Waals surface area contributed by atoms with Crippen LogP contribution in [-0.4, -0.2) is 32.6 Å². The Morgan fingerprint density at radius 1 is 1.15 bits per heavy atom. The van der Waals surface area contributed by atoms with Gasteiger partial charge in [-0.15, -0.1) is 0 Å². The van der Waals surface area contributed by atoms with Crippen molar-refractivity contribution in [2.45, 2.75) is 6.92 Å². The minimum Gasteiger partial charge on any atom is -0.462 e. The summed E-state index contributed by atoms with van der Waals surface area (Å²) in [4.78, 5) is 12.6. The zero-order chi connectivity index (χ0) is 18.5. The summed E-state index contributed by atoms with van der Waals surface area (Å²) in [6, 6.07) is 18.7. The summed E-state index contributed by atoms with van der Waals surface area (Å²) in [5, 5.41) is 13.8. The molecule has 0 aliphatic heterocycles. The van der Waals surface area contributed by atoms with Crippen molar-refractivity contribution in [2.75, 3.05) is 6.61 Å². The van der Waals surface area contributed by atoms with E-state index < -0.39 is 5.97 Å². The van der Waals surface area contributed by atoms with E-state index in [0.717, 1.165) is 11.3 Å². The van der Waals surface area contributed by atoms with Gasteiger partial charge in [-0.25, -0.2) is 9.48 Å². The molecule has 0 atom stereocenters. The van der Waals surface area contributed by atoms with Crippen LogP contribution in [0.5, 0.6) is 0 Å². The molecular weight excluding hydrogens is 350 g/mol. The average molecular weight is 367 g/mol. The lowest BCUT2D eigenvalue weighted by Crippen LogP contribution is -2.21. The van der Waals surface area contributed by atoms with Crippen LogP contribution in [0.25, 0.3) is 16.9 Å². The summed E-state index contributed by atoms with van der Waals surface area (Å²) in [6.07, 6.45) is 0. The van der Waals surface area contributed by atoms with Crippen molar-refractivity contribution in [3.05, 3.63) is 71.9 Å². The highest BCUT2D eigenvalue weighted by atomic mass is 32.1. The number of nitrogens with zero attached hydrogens (tertiary/aromatic N) is 2. The molecule has 0 saturated heterocycles. The monoisotopic (exact) mass is 367 g/mol. The highest BCUT2D eigenvalue weighted by molar-refractivity contribution is 7.80. The highest BCUT2D eigenvalue weighted by Gasteiger charge is 2.28. The quantitative estimate of drug-likeness (QED) is 0.409. The average Bonchev–Trinajstić information content (AvgIpc) is 3.09. The van der Waals surface area contributed by atoms with Gasteiger partial charge in [-0.3, -0.25) is 10.7 Å². The van der Waals surface area contributed by atoms with E-state index in [2.05, 4.69) is 5.10 Å². The second-order valence-corrected chi connectivity index (χ2v) is 5.76. The standard InChI is InChI=1S/C19H17N3O3S/c1-2-25-19(23)15-16(18(26)21-24)20-22(14-11-7-4-8-12-14)17(15)13-9-5-3-6-10-13/h3-12,24H,2H2,1H3,(H,21,26). The van der Waals surface area contributed by atoms with Crippen molar-refractivity contribution >= 4 is 23.2 Å². The van der Waals surface area contributed by atoms with Crippen LogP contribution in [0, 0.1) is 0 Å². The minimum absolute atomic E-state index is 0.0556. The summed E-state index contributed by atoms with van der Waals surface area (Å²) in [6.45, 7) is 1.94. The lowest BCUT2D eigenvalue weighted by molar-refractivity contribution is 0.0527. The van der Waals surface area contributed by atoms with Crippen molar-refractivity contribution in [3.8, 4) is 16.9 Å². The van der Waals surface area contributed by atoms with Gasteiger partial charge in [-0.05, 0) is 19.1 Å². The van der Waals surface area contributed by atoms with E-state index in [4.69, 9.17) is 17.0 Å². The normalized spacial score (nSPS) is 10.4. The fourth-order valence-corrected chi connectivity index (χ4v) is 2.79. The maximum Gasteiger partial charge on any atom is 0.342 e. The van der Waals surface area contributed by atoms with Crippen molar-refractivity contribution in [2.24, 2.45) is 0 Å². The first kappa shape index (κ1) is 17.8. The molecule has 0 bridgehead atoms. The van der Waals surface area contributed by atoms with Crippen molar-refractivity contribution in [1.29, 1.82) is 0 Å². The van der Waals surface area contributed by atoms with E-state index in [1.165, 1.54) is 0 Å². The van der Waals surface area contributed by atoms with Crippen molar-refractivity contribution < 1.29 is 14.7 Å². The van der Waals surface area contributed by atoms with Crippen molar-refractivity contribution in [1.82, 2.24) is 15.3 Å². The third kappa shape index (κ3) is 3.35. The Bertz CT molecular complexity index is 924. The second-order valence-electron chi connectivity index (χ2n) is 5.35. The van der Waals surface area contributed by atoms with E-state index in [0.29, 0.717) is 5.69 Å². The molecule has 3 aromatic rings. The van der Waals surface area contributed by atoms with E-state index in [-0.39, 0.29) is 22.9 Å². The molecule has 0 unspecified atom stereocenters. The number of para-hydroxylation sites is 1. The molecule has 0 amide bonds. The maximum atomic E-state index is 12.7. The minimum atomic E-state index is -0.555. The number of hydrogen-bond donors (Lipinski definition) is 2. The Morgan fingerprint density at radius 3 is 2.35 bits per heavy atom. The smallest absolute Gasteiger partial charge is 0.342 e. The molecule has 0 spiro atoms. The number of esters is 1. The number of hydrogen-bond acceptors (Lipinski definition) is 5. The Kier molecular flexibility index (Phi) is 5.40. The number of carbonyl (C=O) groups excluding carboxylic acids is 1. The van der Waals surface area contributed by atoms with Crippen LogP contribution >= 0.6 is 12.2 Å². The topological polar surface area (TPSA) is 76.4 Å². The predicted molar refractivity (Wildman–Crippen MR) is 102 cm³/mol. The van der Waals surface area contributed by atoms with Crippen LogP contribution in [0.15, 0.2) is 60.7 Å². The molecule has 0 fully saturated rings. The van der Waals surface area contributed by atoms with Crippen LogP contribution in [-0.2, 0) is 4.74 Å². The molecule has 0 radical (unpaired) electrons. The number of carbonyl (C=O) groups is 1. The summed E-state index contributed by atoms with van der Waals surface area (Å²) < 4.78 is 6.84. The van der Waals surface area contributed by atoms with Gasteiger partial charge < -0.3 is 4.74 Å². The zero-order valence-corrected chi connectivity index (χ0v) is 14.9. The first-order valence-corrected chi connectivity index (χ1v) is 8.43. The number of hydroxylamine groups is 1. The fraction of sp³-hybridized carbons (Fsp3) is 0.105. The van der Waals surface area contributed by atoms with E-state index in [1.54, 1.807) is 11.6 Å². The molecule has 2 N–H and O–H groups in total. The lowest BCUT2D eigenvalue weighted by atomic mass is 10.1. The molecule has 3 rings (SSSR count). The molecule has 0 aliphatic rings. The van der Waals surface area contributed by atoms with Gasteiger partial charge in [0.25, 0.3) is 0 Å². The van der Waals surface area contributed by atoms with Gasteiger partial charge in [0.1, 0.15) is 11.3 Å². The molecule has 7 heteroatoms. The third-order valence-electron chi connectivity index (χ3n) is 3.73. The van der Waals surface area contributed by atoms with Crippen LogP contribution in [0.4, 0.5) is 0 Å². The van der Waals surface area contributed by atoms with E-state index in [1.807, 2.05) is 66.1 Å². The van der Waals surface area contributed by atoms with Crippen LogP contribution < -0.4 is 5.48 Å². The van der Waals surface area contributed by atoms with Crippen LogP contribution in [0.2, 0.25) is 0 Å². The third-order valence-corrected chi connectivity index (χ3v) is 4.01. The fourth-order valence-electron chi connectivity index (χ4n) is 2.65. The first-order chi connectivity index (χ1) is 12.7. The van der Waals surface area contributed by atoms with Crippen LogP contribution in [0.3, 0.4) is 0 Å². The number of rotatable bonds is 5. The van der Waals surface area contributed by atoms with Gasteiger partial charge in [0.05, 0.1) is 18.0 Å². The zero-order valence-electron chi connectivity index (χ0n) is 14.0. The Balaban J connectivity index is 2.34. The van der Waals surface area contributed by atoms with E-state index >= 15 is 0 Å². The molecule has 0 saturated carbocycles. The summed E-state index contributed by atoms with van der Waals surface area (Å²) in [5.74, 6) is -0.555. The van der Waals surface area contributed by atoms with Crippen molar-refractivity contribution in [3.63, 3.8) is 0 Å². The summed E-state index contributed by atoms with van der Waals surface area (Å²) >= 11 is 5.14. The number of thiocarbonyl (C=S) groups is 1. The second kappa shape index (κ2) is 7.90. The van der Waals surface area contributed by atoms with Gasteiger partial charge in [0.2, 0.25) is 0 Å². The molecule has 132 valence electrons. The van der Waals surface area contributed by atoms with E-state index in [9.17, 15) is 10.0 Å². The lowest BCUT2D eigenvalue weighted by Gasteiger charge is -2.10.